The van der Waals surface area contributed by atoms with Gasteiger partial charge in [0.1, 0.15) is 5.82 Å². The number of carbonyl (C=O) groups excluding carboxylic acids is 1. The Bertz CT molecular complexity index is 692. The third-order valence-corrected chi connectivity index (χ3v) is 6.44. The van der Waals surface area contributed by atoms with Crippen LogP contribution in [0.5, 0.6) is 0 Å². The second kappa shape index (κ2) is 8.25. The fourth-order valence-electron chi connectivity index (χ4n) is 2.69. The van der Waals surface area contributed by atoms with Gasteiger partial charge in [-0.15, -0.1) is 0 Å². The van der Waals surface area contributed by atoms with E-state index in [2.05, 4.69) is 0 Å². The van der Waals surface area contributed by atoms with Crippen molar-refractivity contribution in [1.29, 1.82) is 0 Å². The van der Waals surface area contributed by atoms with E-state index in [0.29, 0.717) is 39.1 Å². The summed E-state index contributed by atoms with van der Waals surface area (Å²) < 4.78 is 39.8. The Kier molecular flexibility index (Phi) is 6.53. The van der Waals surface area contributed by atoms with Gasteiger partial charge in [-0.25, -0.2) is 12.8 Å². The van der Waals surface area contributed by atoms with E-state index >= 15 is 0 Å². The van der Waals surface area contributed by atoms with Crippen LogP contribution in [0.3, 0.4) is 0 Å². The Labute approximate surface area is 149 Å². The number of sulfonamides is 1. The predicted molar refractivity (Wildman–Crippen MR) is 94.1 cm³/mol. The van der Waals surface area contributed by atoms with Crippen LogP contribution in [0, 0.1) is 5.82 Å². The molecule has 8 heteroatoms. The maximum atomic E-state index is 13.0. The maximum absolute atomic E-state index is 13.0. The van der Waals surface area contributed by atoms with E-state index < -0.39 is 15.8 Å². The number of hydrogen-bond donors (Lipinski definition) is 0. The number of rotatable bonds is 5. The van der Waals surface area contributed by atoms with Gasteiger partial charge in [-0.1, -0.05) is 0 Å². The molecule has 1 aliphatic rings. The predicted octanol–water partition coefficient (Wildman–Crippen LogP) is 1.39. The Balaban J connectivity index is 2.01. The lowest BCUT2D eigenvalue weighted by molar-refractivity contribution is -0.132. The van der Waals surface area contributed by atoms with Crippen molar-refractivity contribution in [2.45, 2.75) is 31.2 Å². The van der Waals surface area contributed by atoms with Gasteiger partial charge in [-0.3, -0.25) is 9.69 Å². The van der Waals surface area contributed by atoms with Crippen LogP contribution in [0.2, 0.25) is 0 Å². The number of nitrogens with zero attached hydrogens (tertiary/aromatic N) is 3. The van der Waals surface area contributed by atoms with Gasteiger partial charge in [0.15, 0.2) is 0 Å². The molecule has 0 atom stereocenters. The van der Waals surface area contributed by atoms with Crippen LogP contribution in [0.25, 0.3) is 0 Å². The first-order chi connectivity index (χ1) is 11.7. The summed E-state index contributed by atoms with van der Waals surface area (Å²) >= 11 is 0. The van der Waals surface area contributed by atoms with Gasteiger partial charge in [-0.05, 0) is 51.1 Å². The molecule has 2 rings (SSSR count). The molecule has 1 aromatic carbocycles. The van der Waals surface area contributed by atoms with Crippen molar-refractivity contribution in [3.05, 3.63) is 30.1 Å². The first-order valence-corrected chi connectivity index (χ1v) is 9.89. The molecule has 1 saturated heterocycles. The number of carbonyl (C=O) groups is 1. The van der Waals surface area contributed by atoms with Crippen LogP contribution in [-0.2, 0) is 14.8 Å². The third-order valence-electron chi connectivity index (χ3n) is 4.53. The number of amides is 1. The molecule has 0 unspecified atom stereocenters. The second-order valence-corrected chi connectivity index (χ2v) is 8.52. The SMILES string of the molecule is CC(C)N(C)C(=O)CN1CCCN(S(=O)(=O)c2ccc(F)cc2)CC1. The van der Waals surface area contributed by atoms with E-state index in [0.717, 1.165) is 12.1 Å². The minimum Gasteiger partial charge on any atom is -0.342 e. The molecule has 0 aliphatic carbocycles. The van der Waals surface area contributed by atoms with E-state index in [-0.39, 0.29) is 16.8 Å². The molecular weight excluding hydrogens is 345 g/mol. The number of hydrogen-bond acceptors (Lipinski definition) is 4. The lowest BCUT2D eigenvalue weighted by Crippen LogP contribution is -2.42. The average Bonchev–Trinajstić information content (AvgIpc) is 2.80. The highest BCUT2D eigenvalue weighted by atomic mass is 32.2. The van der Waals surface area contributed by atoms with Gasteiger partial charge < -0.3 is 4.90 Å². The summed E-state index contributed by atoms with van der Waals surface area (Å²) in [6.07, 6.45) is 0.652. The zero-order chi connectivity index (χ0) is 18.6. The molecular formula is C17H26FN3O3S. The number of likely N-dealkylation sites (N-methyl/N-ethyl adjacent to an activating group) is 1. The average molecular weight is 371 g/mol. The summed E-state index contributed by atoms with van der Waals surface area (Å²) in [7, 11) is -1.87. The lowest BCUT2D eigenvalue weighted by atomic mass is 10.3. The molecule has 0 spiro atoms. The minimum absolute atomic E-state index is 0.0323. The van der Waals surface area contributed by atoms with Crippen molar-refractivity contribution >= 4 is 15.9 Å². The highest BCUT2D eigenvalue weighted by Crippen LogP contribution is 2.18. The normalized spacial score (nSPS) is 17.5. The summed E-state index contributed by atoms with van der Waals surface area (Å²) in [6, 6.07) is 5.01. The Morgan fingerprint density at radius 3 is 2.40 bits per heavy atom. The van der Waals surface area contributed by atoms with Crippen molar-refractivity contribution in [2.24, 2.45) is 0 Å². The molecule has 1 aliphatic heterocycles. The van der Waals surface area contributed by atoms with Crippen LogP contribution in [0.1, 0.15) is 20.3 Å². The fourth-order valence-corrected chi connectivity index (χ4v) is 4.16. The smallest absolute Gasteiger partial charge is 0.243 e. The molecule has 0 radical (unpaired) electrons. The van der Waals surface area contributed by atoms with Crippen molar-refractivity contribution in [3.63, 3.8) is 0 Å². The maximum Gasteiger partial charge on any atom is 0.243 e. The van der Waals surface area contributed by atoms with Crippen LogP contribution >= 0.6 is 0 Å². The highest BCUT2D eigenvalue weighted by molar-refractivity contribution is 7.89. The molecule has 0 saturated carbocycles. The Hall–Kier alpha value is -1.51. The minimum atomic E-state index is -3.64. The third kappa shape index (κ3) is 4.99. The van der Waals surface area contributed by atoms with Crippen LogP contribution in [0.15, 0.2) is 29.2 Å². The van der Waals surface area contributed by atoms with Crippen LogP contribution < -0.4 is 0 Å². The zero-order valence-electron chi connectivity index (χ0n) is 15.0. The molecule has 1 heterocycles. The van der Waals surface area contributed by atoms with Crippen LogP contribution in [-0.4, -0.2) is 74.2 Å². The molecule has 6 nitrogen and oxygen atoms in total. The van der Waals surface area contributed by atoms with Crippen molar-refractivity contribution in [2.75, 3.05) is 39.8 Å². The number of halogens is 1. The quantitative estimate of drug-likeness (QED) is 0.785. The van der Waals surface area contributed by atoms with Gasteiger partial charge in [0.25, 0.3) is 0 Å². The van der Waals surface area contributed by atoms with Crippen LogP contribution in [0.4, 0.5) is 4.39 Å². The topological polar surface area (TPSA) is 60.9 Å². The summed E-state index contributed by atoms with van der Waals surface area (Å²) in [5.41, 5.74) is 0. The van der Waals surface area contributed by atoms with Crippen molar-refractivity contribution in [3.8, 4) is 0 Å². The zero-order valence-corrected chi connectivity index (χ0v) is 15.8. The largest absolute Gasteiger partial charge is 0.342 e. The molecule has 1 fully saturated rings. The molecule has 1 aromatic rings. The molecule has 140 valence electrons. The molecule has 1 amide bonds. The van der Waals surface area contributed by atoms with Crippen molar-refractivity contribution < 1.29 is 17.6 Å². The van der Waals surface area contributed by atoms with Gasteiger partial charge in [0.2, 0.25) is 15.9 Å². The van der Waals surface area contributed by atoms with E-state index in [4.69, 9.17) is 0 Å². The van der Waals surface area contributed by atoms with Gasteiger partial charge in [-0.2, -0.15) is 4.31 Å². The second-order valence-electron chi connectivity index (χ2n) is 6.59. The first kappa shape index (κ1) is 19.8. The highest BCUT2D eigenvalue weighted by Gasteiger charge is 2.27. The Morgan fingerprint density at radius 1 is 1.16 bits per heavy atom. The summed E-state index contributed by atoms with van der Waals surface area (Å²) in [6.45, 7) is 6.09. The Morgan fingerprint density at radius 2 is 1.80 bits per heavy atom. The van der Waals surface area contributed by atoms with E-state index in [1.165, 1.54) is 16.4 Å². The number of benzene rings is 1. The van der Waals surface area contributed by atoms with E-state index in [1.807, 2.05) is 18.7 Å². The van der Waals surface area contributed by atoms with Gasteiger partial charge in [0.05, 0.1) is 11.4 Å². The summed E-state index contributed by atoms with van der Waals surface area (Å²) in [5.74, 6) is -0.432. The lowest BCUT2D eigenvalue weighted by Gasteiger charge is -2.26. The molecule has 0 bridgehead atoms. The first-order valence-electron chi connectivity index (χ1n) is 8.45. The monoisotopic (exact) mass is 371 g/mol. The molecule has 0 aromatic heterocycles. The molecule has 0 N–H and O–H groups in total. The molecule has 25 heavy (non-hydrogen) atoms. The fraction of sp³-hybridized carbons (Fsp3) is 0.588. The van der Waals surface area contributed by atoms with E-state index in [1.54, 1.807) is 11.9 Å². The summed E-state index contributed by atoms with van der Waals surface area (Å²) in [5, 5.41) is 0. The van der Waals surface area contributed by atoms with Crippen molar-refractivity contribution in [1.82, 2.24) is 14.1 Å². The van der Waals surface area contributed by atoms with Gasteiger partial charge >= 0.3 is 0 Å². The van der Waals surface area contributed by atoms with E-state index in [9.17, 15) is 17.6 Å². The standard InChI is InChI=1S/C17H26FN3O3S/c1-14(2)19(3)17(22)13-20-9-4-10-21(12-11-20)25(23,24)16-7-5-15(18)6-8-16/h5-8,14H,4,9-13H2,1-3H3. The summed E-state index contributed by atoms with van der Waals surface area (Å²) in [4.78, 5) is 16.0. The van der Waals surface area contributed by atoms with Gasteiger partial charge in [0, 0.05) is 32.7 Å².